The van der Waals surface area contributed by atoms with E-state index in [0.717, 1.165) is 16.7 Å². The monoisotopic (exact) mass is 390 g/mol. The van der Waals surface area contributed by atoms with Crippen LogP contribution in [0.1, 0.15) is 16.7 Å². The molecule has 1 N–H and O–H groups in total. The van der Waals surface area contributed by atoms with Crippen molar-refractivity contribution in [2.24, 2.45) is 0 Å². The van der Waals surface area contributed by atoms with Crippen molar-refractivity contribution in [2.45, 2.75) is 20.4 Å². The maximum absolute atomic E-state index is 12.0. The highest BCUT2D eigenvalue weighted by molar-refractivity contribution is 7.88. The number of sulfonamides is 1. The fourth-order valence-electron chi connectivity index (χ4n) is 2.53. The van der Waals surface area contributed by atoms with Crippen LogP contribution < -0.4 is 10.1 Å². The molecule has 0 unspecified atom stereocenters. The summed E-state index contributed by atoms with van der Waals surface area (Å²) in [6.07, 6.45) is 1.17. The van der Waals surface area contributed by atoms with Crippen molar-refractivity contribution in [3.05, 3.63) is 65.2 Å². The highest BCUT2D eigenvalue weighted by Gasteiger charge is 2.17. The smallest absolute Gasteiger partial charge is 0.257 e. The summed E-state index contributed by atoms with van der Waals surface area (Å²) in [5.41, 5.74) is 3.10. The van der Waals surface area contributed by atoms with E-state index >= 15 is 0 Å². The van der Waals surface area contributed by atoms with Gasteiger partial charge in [-0.25, -0.2) is 8.42 Å². The van der Waals surface area contributed by atoms with E-state index in [1.165, 1.54) is 10.6 Å². The zero-order valence-corrected chi connectivity index (χ0v) is 16.8. The Morgan fingerprint density at radius 2 is 1.78 bits per heavy atom. The Bertz CT molecular complexity index is 864. The third-order valence-electron chi connectivity index (χ3n) is 3.98. The van der Waals surface area contributed by atoms with Crippen LogP contribution in [0.3, 0.4) is 0 Å². The average molecular weight is 391 g/mol. The molecule has 2 rings (SSSR count). The van der Waals surface area contributed by atoms with Crippen LogP contribution in [0.2, 0.25) is 0 Å². The molecule has 146 valence electrons. The number of hydrogen-bond acceptors (Lipinski definition) is 4. The molecule has 0 aliphatic carbocycles. The highest BCUT2D eigenvalue weighted by Crippen LogP contribution is 2.11. The summed E-state index contributed by atoms with van der Waals surface area (Å²) in [6, 6.07) is 15.1. The first kappa shape index (κ1) is 20.9. The molecule has 0 heterocycles. The van der Waals surface area contributed by atoms with Gasteiger partial charge in [0.15, 0.2) is 6.61 Å². The number of amides is 1. The summed E-state index contributed by atoms with van der Waals surface area (Å²) in [7, 11) is -3.38. The Hall–Kier alpha value is -2.38. The van der Waals surface area contributed by atoms with Crippen molar-refractivity contribution in [3.63, 3.8) is 0 Å². The van der Waals surface area contributed by atoms with Crippen LogP contribution in [0.25, 0.3) is 0 Å². The van der Waals surface area contributed by atoms with Gasteiger partial charge in [-0.2, -0.15) is 4.31 Å². The molecule has 6 nitrogen and oxygen atoms in total. The Balaban J connectivity index is 1.82. The van der Waals surface area contributed by atoms with Crippen molar-refractivity contribution < 1.29 is 17.9 Å². The minimum Gasteiger partial charge on any atom is -0.484 e. The Morgan fingerprint density at radius 3 is 2.41 bits per heavy atom. The number of nitrogens with one attached hydrogen (secondary N) is 1. The second-order valence-corrected chi connectivity index (χ2v) is 8.52. The summed E-state index contributed by atoms with van der Waals surface area (Å²) in [5, 5.41) is 2.69. The summed E-state index contributed by atoms with van der Waals surface area (Å²) >= 11 is 0. The van der Waals surface area contributed by atoms with Gasteiger partial charge in [-0.15, -0.1) is 0 Å². The van der Waals surface area contributed by atoms with Gasteiger partial charge in [-0.3, -0.25) is 4.79 Å². The van der Waals surface area contributed by atoms with Gasteiger partial charge in [0.25, 0.3) is 5.91 Å². The lowest BCUT2D eigenvalue weighted by molar-refractivity contribution is -0.123. The van der Waals surface area contributed by atoms with Crippen molar-refractivity contribution in [2.75, 3.05) is 26.0 Å². The largest absolute Gasteiger partial charge is 0.484 e. The average Bonchev–Trinajstić information content (AvgIpc) is 2.59. The first-order valence-corrected chi connectivity index (χ1v) is 10.6. The summed E-state index contributed by atoms with van der Waals surface area (Å²) in [6.45, 7) is 4.51. The molecule has 0 aromatic heterocycles. The standard InChI is InChI=1S/C20H26N2O4S/c1-16-7-9-19(10-8-16)26-15-20(23)21-11-12-22(27(3,24)25)14-18-6-4-5-17(2)13-18/h4-10,13H,11-12,14-15H2,1-3H3,(H,21,23). The summed E-state index contributed by atoms with van der Waals surface area (Å²) in [4.78, 5) is 11.9. The molecule has 0 bridgehead atoms. The number of benzene rings is 2. The maximum atomic E-state index is 12.0. The van der Waals surface area contributed by atoms with E-state index in [4.69, 9.17) is 4.74 Å². The van der Waals surface area contributed by atoms with E-state index in [9.17, 15) is 13.2 Å². The minimum atomic E-state index is -3.38. The number of carbonyl (C=O) groups excluding carboxylic acids is 1. The first-order chi connectivity index (χ1) is 12.7. The number of aryl methyl sites for hydroxylation is 2. The minimum absolute atomic E-state index is 0.111. The molecule has 1 amide bonds. The lowest BCUT2D eigenvalue weighted by Crippen LogP contribution is -2.39. The third kappa shape index (κ3) is 7.40. The molecule has 27 heavy (non-hydrogen) atoms. The fraction of sp³-hybridized carbons (Fsp3) is 0.350. The molecule has 0 saturated heterocycles. The zero-order chi connectivity index (χ0) is 19.9. The van der Waals surface area contributed by atoms with E-state index in [-0.39, 0.29) is 32.1 Å². The molecule has 0 radical (unpaired) electrons. The van der Waals surface area contributed by atoms with Gasteiger partial charge in [0.2, 0.25) is 10.0 Å². The van der Waals surface area contributed by atoms with Gasteiger partial charge >= 0.3 is 0 Å². The van der Waals surface area contributed by atoms with Gasteiger partial charge in [-0.1, -0.05) is 47.5 Å². The van der Waals surface area contributed by atoms with Crippen molar-refractivity contribution in [3.8, 4) is 5.75 Å². The second kappa shape index (κ2) is 9.53. The van der Waals surface area contributed by atoms with Gasteiger partial charge in [0.05, 0.1) is 6.26 Å². The fourth-order valence-corrected chi connectivity index (χ4v) is 3.34. The molecule has 0 aliphatic heterocycles. The lowest BCUT2D eigenvalue weighted by atomic mass is 10.1. The number of ether oxygens (including phenoxy) is 1. The zero-order valence-electron chi connectivity index (χ0n) is 15.9. The molecule has 0 aliphatic rings. The van der Waals surface area contributed by atoms with Crippen LogP contribution in [0.5, 0.6) is 5.75 Å². The van der Waals surface area contributed by atoms with E-state index in [1.54, 1.807) is 12.1 Å². The SMILES string of the molecule is Cc1ccc(OCC(=O)NCCN(Cc2cccc(C)c2)S(C)(=O)=O)cc1. The van der Waals surface area contributed by atoms with Crippen molar-refractivity contribution >= 4 is 15.9 Å². The van der Waals surface area contributed by atoms with Crippen LogP contribution >= 0.6 is 0 Å². The molecule has 2 aromatic carbocycles. The van der Waals surface area contributed by atoms with E-state index in [0.29, 0.717) is 5.75 Å². The van der Waals surface area contributed by atoms with Gasteiger partial charge in [-0.05, 0) is 31.5 Å². The summed E-state index contributed by atoms with van der Waals surface area (Å²) in [5.74, 6) is 0.326. The molecular formula is C20H26N2O4S. The Kier molecular flexibility index (Phi) is 7.38. The third-order valence-corrected chi connectivity index (χ3v) is 5.23. The Morgan fingerprint density at radius 1 is 1.07 bits per heavy atom. The summed E-state index contributed by atoms with van der Waals surface area (Å²) < 4.78 is 30.8. The van der Waals surface area contributed by atoms with E-state index in [1.807, 2.05) is 50.2 Å². The quantitative estimate of drug-likeness (QED) is 0.713. The first-order valence-electron chi connectivity index (χ1n) is 8.71. The lowest BCUT2D eigenvalue weighted by Gasteiger charge is -2.20. The number of nitrogens with zero attached hydrogens (tertiary/aromatic N) is 1. The molecule has 0 fully saturated rings. The van der Waals surface area contributed by atoms with Crippen LogP contribution in [0.15, 0.2) is 48.5 Å². The predicted octanol–water partition coefficient (Wildman–Crippen LogP) is 2.26. The van der Waals surface area contributed by atoms with Crippen LogP contribution in [0, 0.1) is 13.8 Å². The second-order valence-electron chi connectivity index (χ2n) is 6.54. The number of carbonyl (C=O) groups is 1. The van der Waals surface area contributed by atoms with E-state index < -0.39 is 10.0 Å². The molecule has 7 heteroatoms. The van der Waals surface area contributed by atoms with Gasteiger partial charge in [0.1, 0.15) is 5.75 Å². The molecular weight excluding hydrogens is 364 g/mol. The molecule has 0 spiro atoms. The predicted molar refractivity (Wildman–Crippen MR) is 106 cm³/mol. The van der Waals surface area contributed by atoms with Crippen LogP contribution in [-0.2, 0) is 21.4 Å². The molecule has 2 aromatic rings. The van der Waals surface area contributed by atoms with Gasteiger partial charge in [0, 0.05) is 19.6 Å². The van der Waals surface area contributed by atoms with E-state index in [2.05, 4.69) is 5.32 Å². The van der Waals surface area contributed by atoms with Gasteiger partial charge < -0.3 is 10.1 Å². The number of hydrogen-bond donors (Lipinski definition) is 1. The van der Waals surface area contributed by atoms with Crippen LogP contribution in [-0.4, -0.2) is 44.6 Å². The van der Waals surface area contributed by atoms with Crippen molar-refractivity contribution in [1.29, 1.82) is 0 Å². The maximum Gasteiger partial charge on any atom is 0.257 e. The normalized spacial score (nSPS) is 11.4. The van der Waals surface area contributed by atoms with Crippen LogP contribution in [0.4, 0.5) is 0 Å². The topological polar surface area (TPSA) is 75.7 Å². The number of rotatable bonds is 9. The molecule has 0 saturated carbocycles. The van der Waals surface area contributed by atoms with Crippen molar-refractivity contribution in [1.82, 2.24) is 9.62 Å². The Labute approximate surface area is 161 Å². The molecule has 0 atom stereocenters. The highest BCUT2D eigenvalue weighted by atomic mass is 32.2.